The molecule has 33 heavy (non-hydrogen) atoms. The molecule has 6 heteroatoms. The molecule has 2 amide bonds. The van der Waals surface area contributed by atoms with Gasteiger partial charge >= 0.3 is 0 Å². The van der Waals surface area contributed by atoms with Gasteiger partial charge in [0.25, 0.3) is 5.91 Å². The van der Waals surface area contributed by atoms with Crippen LogP contribution in [0.3, 0.4) is 0 Å². The normalized spacial score (nSPS) is 15.2. The molecule has 0 saturated carbocycles. The highest BCUT2D eigenvalue weighted by Crippen LogP contribution is 2.25. The van der Waals surface area contributed by atoms with Crippen molar-refractivity contribution in [3.05, 3.63) is 102 Å². The van der Waals surface area contributed by atoms with Crippen LogP contribution in [0.15, 0.2) is 89.5 Å². The summed E-state index contributed by atoms with van der Waals surface area (Å²) in [5.41, 5.74) is 2.12. The Morgan fingerprint density at radius 1 is 0.939 bits per heavy atom. The molecule has 1 atom stereocenters. The van der Waals surface area contributed by atoms with Crippen molar-refractivity contribution in [1.82, 2.24) is 10.2 Å². The molecule has 0 radical (unpaired) electrons. The Kier molecular flexibility index (Phi) is 5.81. The zero-order valence-corrected chi connectivity index (χ0v) is 18.1. The third kappa shape index (κ3) is 4.46. The van der Waals surface area contributed by atoms with E-state index in [0.29, 0.717) is 26.1 Å². The fourth-order valence-corrected chi connectivity index (χ4v) is 4.23. The molecule has 0 bridgehead atoms. The van der Waals surface area contributed by atoms with E-state index in [9.17, 15) is 9.59 Å². The summed E-state index contributed by atoms with van der Waals surface area (Å²) in [4.78, 5) is 27.7. The minimum Gasteiger partial charge on any atom is -0.492 e. The van der Waals surface area contributed by atoms with Gasteiger partial charge in [0.15, 0.2) is 5.76 Å². The van der Waals surface area contributed by atoms with Gasteiger partial charge in [-0.3, -0.25) is 9.59 Å². The fourth-order valence-electron chi connectivity index (χ4n) is 4.23. The molecule has 2 heterocycles. The lowest BCUT2D eigenvalue weighted by molar-refractivity contribution is -0.126. The number of carbonyl (C=O) groups excluding carboxylic acids is 2. The molecule has 5 rings (SSSR count). The van der Waals surface area contributed by atoms with Crippen molar-refractivity contribution >= 4 is 22.6 Å². The van der Waals surface area contributed by atoms with E-state index in [-0.39, 0.29) is 17.6 Å². The first-order chi connectivity index (χ1) is 16.2. The second kappa shape index (κ2) is 9.20. The molecule has 0 saturated heterocycles. The van der Waals surface area contributed by atoms with Crippen LogP contribution in [-0.4, -0.2) is 35.9 Å². The molecule has 6 nitrogen and oxygen atoms in total. The van der Waals surface area contributed by atoms with E-state index < -0.39 is 6.04 Å². The first-order valence-electron chi connectivity index (χ1n) is 11.0. The highest BCUT2D eigenvalue weighted by Gasteiger charge is 2.35. The SMILES string of the molecule is O=C(NCCOc1ccc2ccccc2c1)C1Cc2ccccc2CN1C(=O)c1ccco1. The molecule has 1 aliphatic heterocycles. The smallest absolute Gasteiger partial charge is 0.290 e. The number of amides is 2. The molecule has 0 aliphatic carbocycles. The third-order valence-corrected chi connectivity index (χ3v) is 5.93. The highest BCUT2D eigenvalue weighted by atomic mass is 16.5. The predicted octanol–water partition coefficient (Wildman–Crippen LogP) is 4.20. The number of carbonyl (C=O) groups is 2. The number of furan rings is 1. The van der Waals surface area contributed by atoms with Crippen molar-refractivity contribution in [3.8, 4) is 5.75 Å². The van der Waals surface area contributed by atoms with Crippen molar-refractivity contribution in [1.29, 1.82) is 0 Å². The van der Waals surface area contributed by atoms with Crippen LogP contribution in [0.2, 0.25) is 0 Å². The van der Waals surface area contributed by atoms with Crippen molar-refractivity contribution in [2.24, 2.45) is 0 Å². The molecule has 0 fully saturated rings. The second-order valence-electron chi connectivity index (χ2n) is 8.05. The van der Waals surface area contributed by atoms with Gasteiger partial charge in [-0.05, 0) is 46.2 Å². The molecule has 0 spiro atoms. The van der Waals surface area contributed by atoms with Gasteiger partial charge in [0, 0.05) is 13.0 Å². The van der Waals surface area contributed by atoms with Gasteiger partial charge in [0.2, 0.25) is 5.91 Å². The highest BCUT2D eigenvalue weighted by molar-refractivity contribution is 5.96. The molecule has 4 aromatic rings. The van der Waals surface area contributed by atoms with Gasteiger partial charge in [-0.1, -0.05) is 54.6 Å². The Hall–Kier alpha value is -4.06. The van der Waals surface area contributed by atoms with Gasteiger partial charge in [-0.25, -0.2) is 0 Å². The lowest BCUT2D eigenvalue weighted by Gasteiger charge is -2.35. The molecular formula is C27H24N2O4. The summed E-state index contributed by atoms with van der Waals surface area (Å²) in [6.45, 7) is 1.04. The molecular weight excluding hydrogens is 416 g/mol. The number of nitrogens with zero attached hydrogens (tertiary/aromatic N) is 1. The molecule has 1 N–H and O–H groups in total. The summed E-state index contributed by atoms with van der Waals surface area (Å²) in [6.07, 6.45) is 1.92. The van der Waals surface area contributed by atoms with Crippen molar-refractivity contribution in [2.45, 2.75) is 19.0 Å². The number of nitrogens with one attached hydrogen (secondary N) is 1. The quantitative estimate of drug-likeness (QED) is 0.456. The van der Waals surface area contributed by atoms with Crippen LogP contribution in [0.25, 0.3) is 10.8 Å². The van der Waals surface area contributed by atoms with Crippen LogP contribution < -0.4 is 10.1 Å². The van der Waals surface area contributed by atoms with Gasteiger partial charge in [0.1, 0.15) is 18.4 Å². The Labute approximate surface area is 191 Å². The monoisotopic (exact) mass is 440 g/mol. The fraction of sp³-hybridized carbons (Fsp3) is 0.185. The average Bonchev–Trinajstić information content (AvgIpc) is 3.40. The summed E-state index contributed by atoms with van der Waals surface area (Å²) < 4.78 is 11.1. The Morgan fingerprint density at radius 3 is 2.55 bits per heavy atom. The first-order valence-corrected chi connectivity index (χ1v) is 11.0. The molecule has 1 aliphatic rings. The van der Waals surface area contributed by atoms with Gasteiger partial charge < -0.3 is 19.4 Å². The maximum absolute atomic E-state index is 13.1. The maximum Gasteiger partial charge on any atom is 0.290 e. The summed E-state index contributed by atoms with van der Waals surface area (Å²) >= 11 is 0. The van der Waals surface area contributed by atoms with Crippen molar-refractivity contribution < 1.29 is 18.7 Å². The van der Waals surface area contributed by atoms with Crippen LogP contribution in [0, 0.1) is 0 Å². The Morgan fingerprint density at radius 2 is 1.73 bits per heavy atom. The van der Waals surface area contributed by atoms with Crippen molar-refractivity contribution in [3.63, 3.8) is 0 Å². The van der Waals surface area contributed by atoms with E-state index in [0.717, 1.165) is 27.6 Å². The Balaban J connectivity index is 1.24. The number of hydrogen-bond donors (Lipinski definition) is 1. The largest absolute Gasteiger partial charge is 0.492 e. The zero-order chi connectivity index (χ0) is 22.6. The summed E-state index contributed by atoms with van der Waals surface area (Å²) in [7, 11) is 0. The minimum atomic E-state index is -0.613. The number of hydrogen-bond acceptors (Lipinski definition) is 4. The summed E-state index contributed by atoms with van der Waals surface area (Å²) in [5, 5.41) is 5.19. The van der Waals surface area contributed by atoms with E-state index in [1.54, 1.807) is 17.0 Å². The van der Waals surface area contributed by atoms with Gasteiger partial charge in [0.05, 0.1) is 12.8 Å². The van der Waals surface area contributed by atoms with Crippen LogP contribution >= 0.6 is 0 Å². The van der Waals surface area contributed by atoms with E-state index in [1.165, 1.54) is 6.26 Å². The average molecular weight is 440 g/mol. The molecule has 3 aromatic carbocycles. The molecule has 1 aromatic heterocycles. The van der Waals surface area contributed by atoms with Gasteiger partial charge in [-0.15, -0.1) is 0 Å². The standard InChI is InChI=1S/C27H24N2O4/c30-26(28-13-15-32-23-12-11-19-6-1-2-7-20(19)16-23)24-17-21-8-3-4-9-22(21)18-29(24)27(31)25-10-5-14-33-25/h1-12,14,16,24H,13,15,17-18H2,(H,28,30). The number of ether oxygens (including phenoxy) is 1. The predicted molar refractivity (Wildman–Crippen MR) is 125 cm³/mol. The lowest BCUT2D eigenvalue weighted by Crippen LogP contribution is -2.53. The summed E-state index contributed by atoms with van der Waals surface area (Å²) in [6, 6.07) is 24.6. The second-order valence-corrected chi connectivity index (χ2v) is 8.05. The van der Waals surface area contributed by atoms with Gasteiger partial charge in [-0.2, -0.15) is 0 Å². The van der Waals surface area contributed by atoms with E-state index >= 15 is 0 Å². The lowest BCUT2D eigenvalue weighted by atomic mass is 9.93. The summed E-state index contributed by atoms with van der Waals surface area (Å²) in [5.74, 6) is 0.490. The zero-order valence-electron chi connectivity index (χ0n) is 18.1. The number of fused-ring (bicyclic) bond motifs is 2. The first kappa shape index (κ1) is 20.8. The van der Waals surface area contributed by atoms with E-state index in [1.807, 2.05) is 60.7 Å². The number of rotatable bonds is 6. The maximum atomic E-state index is 13.1. The van der Waals surface area contributed by atoms with Crippen molar-refractivity contribution in [2.75, 3.05) is 13.2 Å². The number of benzene rings is 3. The van der Waals surface area contributed by atoms with Crippen LogP contribution in [0.5, 0.6) is 5.75 Å². The van der Waals surface area contributed by atoms with E-state index in [4.69, 9.17) is 9.15 Å². The molecule has 1 unspecified atom stereocenters. The topological polar surface area (TPSA) is 71.8 Å². The Bertz CT molecular complexity index is 1280. The molecule has 166 valence electrons. The minimum absolute atomic E-state index is 0.202. The van der Waals surface area contributed by atoms with E-state index in [2.05, 4.69) is 11.4 Å². The van der Waals surface area contributed by atoms with Crippen LogP contribution in [0.1, 0.15) is 21.7 Å². The van der Waals surface area contributed by atoms with Crippen LogP contribution in [-0.2, 0) is 17.8 Å². The third-order valence-electron chi connectivity index (χ3n) is 5.93. The van der Waals surface area contributed by atoms with Crippen LogP contribution in [0.4, 0.5) is 0 Å².